The zero-order valence-electron chi connectivity index (χ0n) is 11.5. The summed E-state index contributed by atoms with van der Waals surface area (Å²) < 4.78 is 1.84. The molecule has 2 rings (SSSR count). The Morgan fingerprint density at radius 3 is 2.76 bits per heavy atom. The van der Waals surface area contributed by atoms with E-state index in [1.807, 2.05) is 19.9 Å². The van der Waals surface area contributed by atoms with E-state index in [4.69, 9.17) is 23.2 Å². The van der Waals surface area contributed by atoms with Gasteiger partial charge in [0.25, 0.3) is 5.56 Å². The van der Waals surface area contributed by atoms with Gasteiger partial charge in [-0.05, 0) is 47.5 Å². The summed E-state index contributed by atoms with van der Waals surface area (Å²) in [4.78, 5) is 12.0. The molecule has 2 aromatic rings. The number of anilines is 1. The standard InChI is InChI=1S/C14H14BrCl2N3O/c1-3-20-14(21)13(15)12(7-18-20)19-8(2)10-5-4-9(16)6-11(10)17/h4-8,19H,3H2,1-2H3. The molecule has 0 bridgehead atoms. The Morgan fingerprint density at radius 2 is 2.14 bits per heavy atom. The van der Waals surface area contributed by atoms with Gasteiger partial charge in [0.1, 0.15) is 4.47 Å². The van der Waals surface area contributed by atoms with Crippen LogP contribution >= 0.6 is 39.1 Å². The zero-order chi connectivity index (χ0) is 15.6. The third kappa shape index (κ3) is 3.59. The molecule has 0 aliphatic rings. The lowest BCUT2D eigenvalue weighted by Crippen LogP contribution is -2.24. The van der Waals surface area contributed by atoms with Crippen molar-refractivity contribution >= 4 is 44.8 Å². The van der Waals surface area contributed by atoms with E-state index in [1.54, 1.807) is 18.3 Å². The van der Waals surface area contributed by atoms with Gasteiger partial charge in [0, 0.05) is 16.6 Å². The van der Waals surface area contributed by atoms with Crippen molar-refractivity contribution in [3.8, 4) is 0 Å². The molecule has 1 aromatic heterocycles. The summed E-state index contributed by atoms with van der Waals surface area (Å²) in [7, 11) is 0. The van der Waals surface area contributed by atoms with Crippen LogP contribution in [-0.4, -0.2) is 9.78 Å². The minimum absolute atomic E-state index is 0.0928. The SMILES string of the molecule is CCn1ncc(NC(C)c2ccc(Cl)cc2Cl)c(Br)c1=O. The number of hydrogen-bond acceptors (Lipinski definition) is 3. The van der Waals surface area contributed by atoms with Crippen LogP contribution in [0.4, 0.5) is 5.69 Å². The molecule has 1 atom stereocenters. The van der Waals surface area contributed by atoms with E-state index in [0.29, 0.717) is 26.8 Å². The Hall–Kier alpha value is -1.04. The van der Waals surface area contributed by atoms with Crippen LogP contribution in [0.1, 0.15) is 25.5 Å². The molecule has 0 fully saturated rings. The first kappa shape index (κ1) is 16.3. The zero-order valence-corrected chi connectivity index (χ0v) is 14.6. The normalized spacial score (nSPS) is 12.2. The highest BCUT2D eigenvalue weighted by Crippen LogP contribution is 2.29. The largest absolute Gasteiger partial charge is 0.376 e. The summed E-state index contributed by atoms with van der Waals surface area (Å²) in [5.41, 5.74) is 1.35. The van der Waals surface area contributed by atoms with Crippen molar-refractivity contribution in [2.75, 3.05) is 5.32 Å². The summed E-state index contributed by atoms with van der Waals surface area (Å²) in [6.07, 6.45) is 1.62. The lowest BCUT2D eigenvalue weighted by Gasteiger charge is -2.18. The van der Waals surface area contributed by atoms with Gasteiger partial charge >= 0.3 is 0 Å². The maximum absolute atomic E-state index is 12.0. The van der Waals surface area contributed by atoms with Crippen LogP contribution in [0.5, 0.6) is 0 Å². The minimum Gasteiger partial charge on any atom is -0.376 e. The smallest absolute Gasteiger partial charge is 0.283 e. The predicted octanol–water partition coefficient (Wildman–Crippen LogP) is 4.51. The van der Waals surface area contributed by atoms with Crippen molar-refractivity contribution in [1.29, 1.82) is 0 Å². The van der Waals surface area contributed by atoms with Crippen molar-refractivity contribution < 1.29 is 0 Å². The number of benzene rings is 1. The molecule has 1 N–H and O–H groups in total. The van der Waals surface area contributed by atoms with E-state index in [0.717, 1.165) is 5.56 Å². The first-order valence-corrected chi connectivity index (χ1v) is 7.96. The van der Waals surface area contributed by atoms with Crippen molar-refractivity contribution in [2.24, 2.45) is 0 Å². The molecule has 7 heteroatoms. The van der Waals surface area contributed by atoms with Crippen LogP contribution in [0.2, 0.25) is 10.0 Å². The van der Waals surface area contributed by atoms with Crippen molar-refractivity contribution in [3.05, 3.63) is 54.8 Å². The van der Waals surface area contributed by atoms with E-state index in [9.17, 15) is 4.79 Å². The Balaban J connectivity index is 2.29. The van der Waals surface area contributed by atoms with Gasteiger partial charge in [-0.3, -0.25) is 4.79 Å². The van der Waals surface area contributed by atoms with E-state index in [2.05, 4.69) is 26.3 Å². The van der Waals surface area contributed by atoms with Crippen LogP contribution in [-0.2, 0) is 6.54 Å². The summed E-state index contributed by atoms with van der Waals surface area (Å²) >= 11 is 15.4. The molecule has 1 heterocycles. The summed E-state index contributed by atoms with van der Waals surface area (Å²) in [5.74, 6) is 0. The van der Waals surface area contributed by atoms with Gasteiger partial charge in [-0.2, -0.15) is 5.10 Å². The Morgan fingerprint density at radius 1 is 1.43 bits per heavy atom. The third-order valence-electron chi connectivity index (χ3n) is 3.09. The fourth-order valence-corrected chi connectivity index (χ4v) is 2.95. The van der Waals surface area contributed by atoms with E-state index < -0.39 is 0 Å². The van der Waals surface area contributed by atoms with Gasteiger partial charge in [-0.15, -0.1) is 0 Å². The number of aromatic nitrogens is 2. The maximum Gasteiger partial charge on any atom is 0.283 e. The topological polar surface area (TPSA) is 46.9 Å². The molecule has 1 aromatic carbocycles. The second-order valence-corrected chi connectivity index (χ2v) is 6.16. The van der Waals surface area contributed by atoms with Crippen molar-refractivity contribution in [1.82, 2.24) is 9.78 Å². The number of aryl methyl sites for hydroxylation is 1. The molecule has 0 saturated carbocycles. The molecular weight excluding hydrogens is 377 g/mol. The van der Waals surface area contributed by atoms with E-state index in [1.165, 1.54) is 4.68 Å². The Kier molecular flexibility index (Phi) is 5.30. The van der Waals surface area contributed by atoms with Gasteiger partial charge in [0.2, 0.25) is 0 Å². The second kappa shape index (κ2) is 6.81. The fourth-order valence-electron chi connectivity index (χ4n) is 1.95. The molecule has 21 heavy (non-hydrogen) atoms. The number of rotatable bonds is 4. The summed E-state index contributed by atoms with van der Waals surface area (Å²) in [5, 5.41) is 8.49. The number of hydrogen-bond donors (Lipinski definition) is 1. The quantitative estimate of drug-likeness (QED) is 0.835. The van der Waals surface area contributed by atoms with E-state index >= 15 is 0 Å². The first-order valence-electron chi connectivity index (χ1n) is 6.41. The highest BCUT2D eigenvalue weighted by atomic mass is 79.9. The molecule has 0 aliphatic carbocycles. The predicted molar refractivity (Wildman–Crippen MR) is 90.4 cm³/mol. The third-order valence-corrected chi connectivity index (χ3v) is 4.41. The highest BCUT2D eigenvalue weighted by Gasteiger charge is 2.14. The lowest BCUT2D eigenvalue weighted by molar-refractivity contribution is 0.612. The maximum atomic E-state index is 12.0. The molecule has 112 valence electrons. The van der Waals surface area contributed by atoms with Gasteiger partial charge in [-0.25, -0.2) is 4.68 Å². The van der Waals surface area contributed by atoms with Gasteiger partial charge < -0.3 is 5.32 Å². The minimum atomic E-state index is -0.170. The lowest BCUT2D eigenvalue weighted by atomic mass is 10.1. The molecule has 0 amide bonds. The Labute approximate surface area is 141 Å². The summed E-state index contributed by atoms with van der Waals surface area (Å²) in [6, 6.07) is 5.24. The van der Waals surface area contributed by atoms with E-state index in [-0.39, 0.29) is 11.6 Å². The van der Waals surface area contributed by atoms with Crippen LogP contribution in [0.3, 0.4) is 0 Å². The molecule has 0 saturated heterocycles. The molecular formula is C14H14BrCl2N3O. The highest BCUT2D eigenvalue weighted by molar-refractivity contribution is 9.10. The fraction of sp³-hybridized carbons (Fsp3) is 0.286. The monoisotopic (exact) mass is 389 g/mol. The number of nitrogens with one attached hydrogen (secondary N) is 1. The molecule has 0 spiro atoms. The number of halogens is 3. The van der Waals surface area contributed by atoms with Crippen LogP contribution < -0.4 is 10.9 Å². The average Bonchev–Trinajstić information content (AvgIpc) is 2.44. The van der Waals surface area contributed by atoms with Gasteiger partial charge in [-0.1, -0.05) is 29.3 Å². The van der Waals surface area contributed by atoms with Gasteiger partial charge in [0.15, 0.2) is 0 Å². The van der Waals surface area contributed by atoms with Crippen LogP contribution in [0, 0.1) is 0 Å². The Bertz CT molecular complexity index is 718. The number of nitrogens with zero attached hydrogens (tertiary/aromatic N) is 2. The van der Waals surface area contributed by atoms with Crippen molar-refractivity contribution in [3.63, 3.8) is 0 Å². The first-order chi connectivity index (χ1) is 9.93. The summed E-state index contributed by atoms with van der Waals surface area (Å²) in [6.45, 7) is 4.34. The molecule has 0 aliphatic heterocycles. The van der Waals surface area contributed by atoms with Crippen molar-refractivity contribution in [2.45, 2.75) is 26.4 Å². The van der Waals surface area contributed by atoms with Gasteiger partial charge in [0.05, 0.1) is 17.9 Å². The average molecular weight is 391 g/mol. The molecule has 0 radical (unpaired) electrons. The molecule has 4 nitrogen and oxygen atoms in total. The van der Waals surface area contributed by atoms with Crippen LogP contribution in [0.15, 0.2) is 33.7 Å². The van der Waals surface area contributed by atoms with Crippen LogP contribution in [0.25, 0.3) is 0 Å². The molecule has 1 unspecified atom stereocenters. The second-order valence-electron chi connectivity index (χ2n) is 4.53.